The number of pyridine rings is 2. The maximum atomic E-state index is 14.7. The fraction of sp³-hybridized carbons (Fsp3) is 0.300. The van der Waals surface area contributed by atoms with Gasteiger partial charge in [-0.05, 0) is 30.7 Å². The molecule has 1 saturated heterocycles. The summed E-state index contributed by atoms with van der Waals surface area (Å²) in [5.74, 6) is -0.391. The summed E-state index contributed by atoms with van der Waals surface area (Å²) in [5, 5.41) is 0.428. The van der Waals surface area contributed by atoms with Crippen molar-refractivity contribution in [1.29, 1.82) is 0 Å². The molecule has 0 bridgehead atoms. The van der Waals surface area contributed by atoms with Crippen LogP contribution in [0.3, 0.4) is 0 Å². The molecule has 1 fully saturated rings. The average molecular weight is 413 g/mol. The maximum absolute atomic E-state index is 14.7. The molecule has 1 unspecified atom stereocenters. The van der Waals surface area contributed by atoms with E-state index in [0.717, 1.165) is 5.69 Å². The fourth-order valence-corrected chi connectivity index (χ4v) is 4.77. The summed E-state index contributed by atoms with van der Waals surface area (Å²) in [4.78, 5) is 29.4. The van der Waals surface area contributed by atoms with Crippen molar-refractivity contribution >= 4 is 28.7 Å². The van der Waals surface area contributed by atoms with Gasteiger partial charge in [0.15, 0.2) is 0 Å². The van der Waals surface area contributed by atoms with E-state index < -0.39 is 12.1 Å². The van der Waals surface area contributed by atoms with Crippen LogP contribution in [-0.4, -0.2) is 46.7 Å². The van der Waals surface area contributed by atoms with Gasteiger partial charge in [-0.2, -0.15) is 4.39 Å². The lowest BCUT2D eigenvalue weighted by atomic mass is 10.1. The van der Waals surface area contributed by atoms with Gasteiger partial charge in [-0.3, -0.25) is 9.78 Å². The third-order valence-electron chi connectivity index (χ3n) is 5.19. The van der Waals surface area contributed by atoms with Crippen LogP contribution in [0.25, 0.3) is 10.6 Å². The molecule has 3 aromatic heterocycles. The number of alkyl halides is 1. The summed E-state index contributed by atoms with van der Waals surface area (Å²) < 4.78 is 28.1. The standard InChI is InChI=1S/C20H17F2N5OS/c21-12-5-8-26(11-12)16-4-3-14(18(22)25-16)19-24-15-6-9-27(20(28)17(15)29-19)13-2-1-7-23-10-13/h1-4,7,10,12H,5-6,8-9,11H2. The summed E-state index contributed by atoms with van der Waals surface area (Å²) in [6, 6.07) is 6.91. The Morgan fingerprint density at radius 1 is 1.17 bits per heavy atom. The van der Waals surface area contributed by atoms with Gasteiger partial charge in [0.25, 0.3) is 5.91 Å². The van der Waals surface area contributed by atoms with Crippen molar-refractivity contribution in [3.63, 3.8) is 0 Å². The van der Waals surface area contributed by atoms with Crippen molar-refractivity contribution in [1.82, 2.24) is 15.0 Å². The monoisotopic (exact) mass is 413 g/mol. The minimum Gasteiger partial charge on any atom is -0.353 e. The largest absolute Gasteiger partial charge is 0.353 e. The van der Waals surface area contributed by atoms with Crippen LogP contribution >= 0.6 is 11.3 Å². The molecule has 2 aliphatic heterocycles. The zero-order valence-corrected chi connectivity index (χ0v) is 16.2. The predicted molar refractivity (Wildman–Crippen MR) is 107 cm³/mol. The number of carbonyl (C=O) groups excluding carboxylic acids is 1. The molecule has 9 heteroatoms. The molecule has 5 rings (SSSR count). The molecule has 0 spiro atoms. The topological polar surface area (TPSA) is 62.2 Å². The van der Waals surface area contributed by atoms with Crippen LogP contribution in [0.5, 0.6) is 0 Å². The van der Waals surface area contributed by atoms with Gasteiger partial charge in [-0.25, -0.2) is 14.4 Å². The number of anilines is 2. The minimum absolute atomic E-state index is 0.154. The van der Waals surface area contributed by atoms with Gasteiger partial charge in [-0.15, -0.1) is 11.3 Å². The highest BCUT2D eigenvalue weighted by molar-refractivity contribution is 7.17. The first-order chi connectivity index (χ1) is 14.1. The number of nitrogens with zero attached hydrogens (tertiary/aromatic N) is 5. The lowest BCUT2D eigenvalue weighted by Gasteiger charge is -2.25. The lowest BCUT2D eigenvalue weighted by Crippen LogP contribution is -2.36. The van der Waals surface area contributed by atoms with Crippen LogP contribution < -0.4 is 9.80 Å². The number of hydrogen-bond donors (Lipinski definition) is 0. The van der Waals surface area contributed by atoms with Gasteiger partial charge >= 0.3 is 0 Å². The second-order valence-corrected chi connectivity index (χ2v) is 8.05. The molecule has 29 heavy (non-hydrogen) atoms. The quantitative estimate of drug-likeness (QED) is 0.615. The Morgan fingerprint density at radius 3 is 2.79 bits per heavy atom. The Kier molecular flexibility index (Phi) is 4.46. The first-order valence-corrected chi connectivity index (χ1v) is 10.2. The highest BCUT2D eigenvalue weighted by Gasteiger charge is 2.30. The first-order valence-electron chi connectivity index (χ1n) is 9.37. The van der Waals surface area contributed by atoms with E-state index >= 15 is 0 Å². The van der Waals surface area contributed by atoms with Crippen LogP contribution in [0, 0.1) is 5.95 Å². The lowest BCUT2D eigenvalue weighted by molar-refractivity contribution is 0.0984. The molecule has 5 heterocycles. The van der Waals surface area contributed by atoms with Crippen LogP contribution in [0.4, 0.5) is 20.3 Å². The van der Waals surface area contributed by atoms with Crippen molar-refractivity contribution < 1.29 is 13.6 Å². The second kappa shape index (κ2) is 7.14. The molecule has 1 atom stereocenters. The van der Waals surface area contributed by atoms with E-state index in [0.29, 0.717) is 47.3 Å². The van der Waals surface area contributed by atoms with E-state index in [9.17, 15) is 13.6 Å². The van der Waals surface area contributed by atoms with Crippen molar-refractivity contribution in [3.05, 3.63) is 53.2 Å². The number of hydrogen-bond acceptors (Lipinski definition) is 6. The van der Waals surface area contributed by atoms with Crippen molar-refractivity contribution in [2.24, 2.45) is 0 Å². The molecule has 2 aliphatic rings. The summed E-state index contributed by atoms with van der Waals surface area (Å²) in [6.07, 6.45) is 3.42. The van der Waals surface area contributed by atoms with E-state index in [1.807, 2.05) is 6.07 Å². The van der Waals surface area contributed by atoms with Crippen LogP contribution in [0.15, 0.2) is 36.7 Å². The van der Waals surface area contributed by atoms with Crippen molar-refractivity contribution in [2.75, 3.05) is 29.4 Å². The minimum atomic E-state index is -0.904. The van der Waals surface area contributed by atoms with E-state index in [4.69, 9.17) is 0 Å². The van der Waals surface area contributed by atoms with Gasteiger partial charge < -0.3 is 9.80 Å². The number of fused-ring (bicyclic) bond motifs is 1. The van der Waals surface area contributed by atoms with Crippen molar-refractivity contribution in [3.8, 4) is 10.6 Å². The SMILES string of the molecule is O=C1c2sc(-c3ccc(N4CCC(F)C4)nc3F)nc2CCN1c1cccnc1. The van der Waals surface area contributed by atoms with Gasteiger partial charge in [0, 0.05) is 25.7 Å². The molecular weight excluding hydrogens is 396 g/mol. The number of halogens is 2. The Balaban J connectivity index is 1.43. The molecule has 0 aromatic carbocycles. The van der Waals surface area contributed by atoms with Gasteiger partial charge in [-0.1, -0.05) is 0 Å². The molecule has 6 nitrogen and oxygen atoms in total. The van der Waals surface area contributed by atoms with Crippen LogP contribution in [0.1, 0.15) is 21.8 Å². The highest BCUT2D eigenvalue weighted by Crippen LogP contribution is 2.34. The normalized spacial score (nSPS) is 19.0. The Labute approximate surface area is 169 Å². The van der Waals surface area contributed by atoms with Crippen LogP contribution in [0.2, 0.25) is 0 Å². The van der Waals surface area contributed by atoms with E-state index in [2.05, 4.69) is 15.0 Å². The summed E-state index contributed by atoms with van der Waals surface area (Å²) in [7, 11) is 0. The predicted octanol–water partition coefficient (Wildman–Crippen LogP) is 3.49. The third-order valence-corrected chi connectivity index (χ3v) is 6.30. The Morgan fingerprint density at radius 2 is 2.07 bits per heavy atom. The number of thiazole rings is 1. The van der Waals surface area contributed by atoms with E-state index in [1.54, 1.807) is 40.4 Å². The molecule has 0 N–H and O–H groups in total. The summed E-state index contributed by atoms with van der Waals surface area (Å²) in [5.41, 5.74) is 1.66. The van der Waals surface area contributed by atoms with E-state index in [1.165, 1.54) is 11.3 Å². The van der Waals surface area contributed by atoms with Gasteiger partial charge in [0.1, 0.15) is 21.9 Å². The molecule has 148 valence electrons. The summed E-state index contributed by atoms with van der Waals surface area (Å²) >= 11 is 1.17. The first kappa shape index (κ1) is 18.1. The fourth-order valence-electron chi connectivity index (χ4n) is 3.69. The average Bonchev–Trinajstić information content (AvgIpc) is 3.36. The molecule has 1 amide bonds. The molecule has 0 aliphatic carbocycles. The number of aromatic nitrogens is 3. The molecule has 3 aromatic rings. The third kappa shape index (κ3) is 3.25. The molecule has 0 radical (unpaired) electrons. The van der Waals surface area contributed by atoms with Crippen molar-refractivity contribution in [2.45, 2.75) is 19.0 Å². The zero-order valence-electron chi connectivity index (χ0n) is 15.4. The molecular formula is C20H17F2N5OS. The number of carbonyl (C=O) groups is 1. The zero-order chi connectivity index (χ0) is 20.0. The van der Waals surface area contributed by atoms with Gasteiger partial charge in [0.2, 0.25) is 5.95 Å². The maximum Gasteiger partial charge on any atom is 0.270 e. The summed E-state index contributed by atoms with van der Waals surface area (Å²) in [6.45, 7) is 1.26. The van der Waals surface area contributed by atoms with E-state index in [-0.39, 0.29) is 18.0 Å². The number of rotatable bonds is 3. The number of amides is 1. The van der Waals surface area contributed by atoms with Crippen LogP contribution in [-0.2, 0) is 6.42 Å². The Bertz CT molecular complexity index is 1070. The van der Waals surface area contributed by atoms with Gasteiger partial charge in [0.05, 0.1) is 29.7 Å². The Hall–Kier alpha value is -2.94. The smallest absolute Gasteiger partial charge is 0.270 e. The molecule has 0 saturated carbocycles. The highest BCUT2D eigenvalue weighted by atomic mass is 32.1. The second-order valence-electron chi connectivity index (χ2n) is 7.05.